The van der Waals surface area contributed by atoms with Crippen LogP contribution in [0.1, 0.15) is 13.8 Å². The predicted molar refractivity (Wildman–Crippen MR) is 87.7 cm³/mol. The van der Waals surface area contributed by atoms with Gasteiger partial charge in [-0.3, -0.25) is 9.10 Å². The van der Waals surface area contributed by atoms with Crippen LogP contribution in [0.5, 0.6) is 0 Å². The standard InChI is InChI=1S/C14H21ClN2O4S/c1-10(9-21-3)16-14(18)11(2)17(22(4,19)20)13-7-5-12(15)6-8-13/h5-8,10-11H,9H2,1-4H3,(H,16,18)/t10-,11-/m0/s1. The van der Waals surface area contributed by atoms with Crippen molar-refractivity contribution in [2.45, 2.75) is 25.9 Å². The van der Waals surface area contributed by atoms with Gasteiger partial charge in [-0.15, -0.1) is 0 Å². The highest BCUT2D eigenvalue weighted by Gasteiger charge is 2.29. The van der Waals surface area contributed by atoms with Crippen LogP contribution in [0.15, 0.2) is 24.3 Å². The second-order valence-corrected chi connectivity index (χ2v) is 7.37. The van der Waals surface area contributed by atoms with E-state index < -0.39 is 22.0 Å². The maximum Gasteiger partial charge on any atom is 0.243 e. The first-order valence-corrected chi connectivity index (χ1v) is 8.93. The number of ether oxygens (including phenoxy) is 1. The van der Waals surface area contributed by atoms with Crippen molar-refractivity contribution in [3.8, 4) is 0 Å². The molecule has 0 heterocycles. The third-order valence-corrected chi connectivity index (χ3v) is 4.47. The number of sulfonamides is 1. The number of nitrogens with one attached hydrogen (secondary N) is 1. The van der Waals surface area contributed by atoms with Gasteiger partial charge >= 0.3 is 0 Å². The molecular formula is C14H21ClN2O4S. The molecule has 0 spiro atoms. The Morgan fingerprint density at radius 3 is 2.32 bits per heavy atom. The summed E-state index contributed by atoms with van der Waals surface area (Å²) in [6.45, 7) is 3.66. The molecule has 0 radical (unpaired) electrons. The highest BCUT2D eigenvalue weighted by molar-refractivity contribution is 7.92. The third-order valence-electron chi connectivity index (χ3n) is 2.97. The van der Waals surface area contributed by atoms with E-state index in [1.807, 2.05) is 0 Å². The summed E-state index contributed by atoms with van der Waals surface area (Å²) in [5, 5.41) is 3.21. The number of amides is 1. The van der Waals surface area contributed by atoms with Gasteiger partial charge in [-0.25, -0.2) is 8.42 Å². The van der Waals surface area contributed by atoms with Crippen LogP contribution in [0.25, 0.3) is 0 Å². The van der Waals surface area contributed by atoms with E-state index in [4.69, 9.17) is 16.3 Å². The number of carbonyl (C=O) groups is 1. The fraction of sp³-hybridized carbons (Fsp3) is 0.500. The third kappa shape index (κ3) is 5.15. The van der Waals surface area contributed by atoms with Crippen molar-refractivity contribution in [3.63, 3.8) is 0 Å². The molecular weight excluding hydrogens is 328 g/mol. The predicted octanol–water partition coefficient (Wildman–Crippen LogP) is 1.65. The fourth-order valence-electron chi connectivity index (χ4n) is 2.05. The minimum atomic E-state index is -3.62. The minimum Gasteiger partial charge on any atom is -0.383 e. The van der Waals surface area contributed by atoms with Gasteiger partial charge in [-0.05, 0) is 38.1 Å². The van der Waals surface area contributed by atoms with Crippen LogP contribution in [-0.4, -0.2) is 46.4 Å². The van der Waals surface area contributed by atoms with Gasteiger partial charge < -0.3 is 10.1 Å². The molecule has 22 heavy (non-hydrogen) atoms. The molecule has 0 unspecified atom stereocenters. The lowest BCUT2D eigenvalue weighted by Crippen LogP contribution is -2.50. The molecule has 1 aromatic carbocycles. The first-order chi connectivity index (χ1) is 10.2. The number of nitrogens with zero attached hydrogens (tertiary/aromatic N) is 1. The maximum atomic E-state index is 12.3. The van der Waals surface area contributed by atoms with Gasteiger partial charge in [0.1, 0.15) is 6.04 Å². The summed E-state index contributed by atoms with van der Waals surface area (Å²) in [6, 6.07) is 5.17. The molecule has 0 saturated carbocycles. The molecule has 8 heteroatoms. The number of hydrogen-bond donors (Lipinski definition) is 1. The monoisotopic (exact) mass is 348 g/mol. The van der Waals surface area contributed by atoms with Crippen molar-refractivity contribution in [1.82, 2.24) is 5.32 Å². The molecule has 6 nitrogen and oxygen atoms in total. The molecule has 0 saturated heterocycles. The van der Waals surface area contributed by atoms with E-state index >= 15 is 0 Å². The summed E-state index contributed by atoms with van der Waals surface area (Å²) < 4.78 is 30.1. The Morgan fingerprint density at radius 1 is 1.32 bits per heavy atom. The molecule has 124 valence electrons. The molecule has 1 amide bonds. The highest BCUT2D eigenvalue weighted by Crippen LogP contribution is 2.23. The van der Waals surface area contributed by atoms with Crippen molar-refractivity contribution >= 4 is 33.2 Å². The van der Waals surface area contributed by atoms with Crippen molar-refractivity contribution in [3.05, 3.63) is 29.3 Å². The number of methoxy groups -OCH3 is 1. The fourth-order valence-corrected chi connectivity index (χ4v) is 3.35. The van der Waals surface area contributed by atoms with E-state index in [2.05, 4.69) is 5.32 Å². The zero-order valence-electron chi connectivity index (χ0n) is 13.0. The Balaban J connectivity index is 3.02. The number of benzene rings is 1. The van der Waals surface area contributed by atoms with Crippen LogP contribution in [-0.2, 0) is 19.6 Å². The van der Waals surface area contributed by atoms with Gasteiger partial charge in [0, 0.05) is 18.2 Å². The van der Waals surface area contributed by atoms with E-state index in [1.54, 1.807) is 31.2 Å². The van der Waals surface area contributed by atoms with Crippen molar-refractivity contribution in [2.24, 2.45) is 0 Å². The van der Waals surface area contributed by atoms with Gasteiger partial charge in [0.25, 0.3) is 0 Å². The normalized spacial score (nSPS) is 14.2. The van der Waals surface area contributed by atoms with Gasteiger partial charge in [0.15, 0.2) is 0 Å². The SMILES string of the molecule is COC[C@H](C)NC(=O)[C@H](C)N(c1ccc(Cl)cc1)S(C)(=O)=O. The summed E-state index contributed by atoms with van der Waals surface area (Å²) in [4.78, 5) is 12.3. The molecule has 0 aliphatic rings. The summed E-state index contributed by atoms with van der Waals surface area (Å²) in [5.41, 5.74) is 0.383. The Labute approximate surface area is 136 Å². The van der Waals surface area contributed by atoms with Crippen molar-refractivity contribution < 1.29 is 17.9 Å². The topological polar surface area (TPSA) is 75.7 Å². The smallest absolute Gasteiger partial charge is 0.243 e. The summed E-state index contributed by atoms with van der Waals surface area (Å²) in [6.07, 6.45) is 1.06. The number of carbonyl (C=O) groups excluding carboxylic acids is 1. The lowest BCUT2D eigenvalue weighted by Gasteiger charge is -2.29. The summed E-state index contributed by atoms with van der Waals surface area (Å²) in [5.74, 6) is -0.398. The van der Waals surface area contributed by atoms with Crippen LogP contribution in [0.2, 0.25) is 5.02 Å². The maximum absolute atomic E-state index is 12.3. The number of rotatable bonds is 7. The largest absolute Gasteiger partial charge is 0.383 e. The Kier molecular flexibility index (Phi) is 6.65. The van der Waals surface area contributed by atoms with Crippen LogP contribution in [0.4, 0.5) is 5.69 Å². The van der Waals surface area contributed by atoms with Crippen LogP contribution < -0.4 is 9.62 Å². The molecule has 2 atom stereocenters. The number of hydrogen-bond acceptors (Lipinski definition) is 4. The molecule has 0 bridgehead atoms. The highest BCUT2D eigenvalue weighted by atomic mass is 35.5. The van der Waals surface area contributed by atoms with E-state index in [1.165, 1.54) is 14.0 Å². The molecule has 0 fully saturated rings. The quantitative estimate of drug-likeness (QED) is 0.812. The lowest BCUT2D eigenvalue weighted by molar-refractivity contribution is -0.122. The van der Waals surface area contributed by atoms with E-state index in [9.17, 15) is 13.2 Å². The number of halogens is 1. The molecule has 0 aromatic heterocycles. The summed E-state index contributed by atoms with van der Waals surface area (Å²) >= 11 is 5.82. The summed E-state index contributed by atoms with van der Waals surface area (Å²) in [7, 11) is -2.09. The molecule has 1 aromatic rings. The van der Waals surface area contributed by atoms with E-state index in [-0.39, 0.29) is 6.04 Å². The second kappa shape index (κ2) is 7.80. The average Bonchev–Trinajstić information content (AvgIpc) is 2.39. The van der Waals surface area contributed by atoms with Crippen molar-refractivity contribution in [2.75, 3.05) is 24.3 Å². The van der Waals surface area contributed by atoms with Gasteiger partial charge in [-0.2, -0.15) is 0 Å². The van der Waals surface area contributed by atoms with E-state index in [0.29, 0.717) is 17.3 Å². The zero-order chi connectivity index (χ0) is 16.9. The first-order valence-electron chi connectivity index (χ1n) is 6.71. The molecule has 1 rings (SSSR count). The molecule has 0 aliphatic carbocycles. The van der Waals surface area contributed by atoms with Crippen LogP contribution in [0.3, 0.4) is 0 Å². The first kappa shape index (κ1) is 18.7. The zero-order valence-corrected chi connectivity index (χ0v) is 14.6. The Bertz CT molecular complexity index is 604. The minimum absolute atomic E-state index is 0.216. The van der Waals surface area contributed by atoms with Gasteiger partial charge in [0.05, 0.1) is 18.6 Å². The van der Waals surface area contributed by atoms with Crippen LogP contribution in [0, 0.1) is 0 Å². The van der Waals surface area contributed by atoms with Crippen LogP contribution >= 0.6 is 11.6 Å². The Morgan fingerprint density at radius 2 is 1.86 bits per heavy atom. The second-order valence-electron chi connectivity index (χ2n) is 5.08. The lowest BCUT2D eigenvalue weighted by atomic mass is 10.2. The Hall–Kier alpha value is -1.31. The van der Waals surface area contributed by atoms with Crippen molar-refractivity contribution in [1.29, 1.82) is 0 Å². The number of anilines is 1. The average molecular weight is 349 g/mol. The molecule has 0 aliphatic heterocycles. The van der Waals surface area contributed by atoms with E-state index in [0.717, 1.165) is 10.6 Å². The molecule has 1 N–H and O–H groups in total. The van der Waals surface area contributed by atoms with Gasteiger partial charge in [0.2, 0.25) is 15.9 Å². The van der Waals surface area contributed by atoms with Gasteiger partial charge in [-0.1, -0.05) is 11.6 Å².